The van der Waals surface area contributed by atoms with Crippen molar-refractivity contribution < 1.29 is 19.1 Å². The summed E-state index contributed by atoms with van der Waals surface area (Å²) in [7, 11) is 0. The van der Waals surface area contributed by atoms with Crippen molar-refractivity contribution in [1.82, 2.24) is 16.0 Å². The van der Waals surface area contributed by atoms with Crippen LogP contribution in [0, 0.1) is 5.92 Å². The smallest absolute Gasteiger partial charge is 0.407 e. The van der Waals surface area contributed by atoms with E-state index in [1.54, 1.807) is 20.8 Å². The molecule has 27 heavy (non-hydrogen) atoms. The van der Waals surface area contributed by atoms with Gasteiger partial charge in [-0.05, 0) is 39.5 Å². The van der Waals surface area contributed by atoms with Crippen LogP contribution in [-0.2, 0) is 14.3 Å². The van der Waals surface area contributed by atoms with Crippen LogP contribution in [-0.4, -0.2) is 43.1 Å². The first-order chi connectivity index (χ1) is 12.8. The summed E-state index contributed by atoms with van der Waals surface area (Å²) in [5.41, 5.74) is -0.548. The molecule has 0 heterocycles. The average Bonchev–Trinajstić information content (AvgIpc) is 2.59. The van der Waals surface area contributed by atoms with E-state index < -0.39 is 11.7 Å². The number of hydrogen-bond acceptors (Lipinski definition) is 4. The molecule has 1 aliphatic rings. The first kappa shape index (κ1) is 23.2. The van der Waals surface area contributed by atoms with E-state index in [1.165, 1.54) is 32.1 Å². The number of hydrogen-bond donors (Lipinski definition) is 3. The summed E-state index contributed by atoms with van der Waals surface area (Å²) in [6.45, 7) is 6.67. The van der Waals surface area contributed by atoms with Crippen molar-refractivity contribution in [3.05, 3.63) is 0 Å². The Morgan fingerprint density at radius 2 is 1.44 bits per heavy atom. The van der Waals surface area contributed by atoms with Crippen LogP contribution < -0.4 is 16.0 Å². The molecule has 0 radical (unpaired) electrons. The van der Waals surface area contributed by atoms with Crippen molar-refractivity contribution in [2.45, 2.75) is 84.2 Å². The second-order valence-corrected chi connectivity index (χ2v) is 8.27. The van der Waals surface area contributed by atoms with Crippen LogP contribution in [0.15, 0.2) is 0 Å². The zero-order chi connectivity index (χ0) is 20.1. The van der Waals surface area contributed by atoms with Crippen LogP contribution in [0.1, 0.15) is 78.6 Å². The predicted molar refractivity (Wildman–Crippen MR) is 105 cm³/mol. The van der Waals surface area contributed by atoms with Gasteiger partial charge >= 0.3 is 6.09 Å². The molecule has 0 aromatic carbocycles. The Bertz CT molecular complexity index is 468. The summed E-state index contributed by atoms with van der Waals surface area (Å²) in [5.74, 6) is 0.696. The van der Waals surface area contributed by atoms with Crippen LogP contribution in [0.5, 0.6) is 0 Å². The second-order valence-electron chi connectivity index (χ2n) is 8.27. The van der Waals surface area contributed by atoms with Gasteiger partial charge in [-0.3, -0.25) is 9.59 Å². The second kappa shape index (κ2) is 12.6. The molecule has 0 saturated heterocycles. The maximum absolute atomic E-state index is 11.8. The highest BCUT2D eigenvalue weighted by Crippen LogP contribution is 2.27. The number of amides is 3. The molecule has 7 nitrogen and oxygen atoms in total. The summed E-state index contributed by atoms with van der Waals surface area (Å²) < 4.78 is 5.09. The number of carbonyl (C=O) groups is 3. The lowest BCUT2D eigenvalue weighted by Gasteiger charge is -2.20. The standard InChI is InChI=1S/C20H37N3O4/c1-20(2,3)27-19(26)23-15-12-18(25)22-14-7-13-21-17(24)11-10-16-8-5-4-6-9-16/h16H,4-15H2,1-3H3,(H,21,24)(H,22,25)(H,23,26). The van der Waals surface area contributed by atoms with E-state index in [-0.39, 0.29) is 24.8 Å². The molecule has 0 bridgehead atoms. The summed E-state index contributed by atoms with van der Waals surface area (Å²) in [6.07, 6.45) is 8.45. The molecule has 3 N–H and O–H groups in total. The highest BCUT2D eigenvalue weighted by Gasteiger charge is 2.16. The number of carbonyl (C=O) groups excluding carboxylic acids is 3. The van der Waals surface area contributed by atoms with Crippen molar-refractivity contribution in [1.29, 1.82) is 0 Å². The van der Waals surface area contributed by atoms with Gasteiger partial charge in [-0.2, -0.15) is 0 Å². The summed E-state index contributed by atoms with van der Waals surface area (Å²) in [6, 6.07) is 0. The van der Waals surface area contributed by atoms with Crippen LogP contribution in [0.25, 0.3) is 0 Å². The lowest BCUT2D eigenvalue weighted by Crippen LogP contribution is -2.35. The maximum Gasteiger partial charge on any atom is 0.407 e. The van der Waals surface area contributed by atoms with Gasteiger partial charge in [0.05, 0.1) is 0 Å². The fourth-order valence-corrected chi connectivity index (χ4v) is 3.12. The molecule has 1 aliphatic carbocycles. The van der Waals surface area contributed by atoms with Gasteiger partial charge in [0.2, 0.25) is 11.8 Å². The minimum Gasteiger partial charge on any atom is -0.444 e. The lowest BCUT2D eigenvalue weighted by atomic mass is 9.86. The highest BCUT2D eigenvalue weighted by atomic mass is 16.6. The third-order valence-corrected chi connectivity index (χ3v) is 4.52. The molecule has 0 unspecified atom stereocenters. The minimum absolute atomic E-state index is 0.105. The van der Waals surface area contributed by atoms with Crippen molar-refractivity contribution in [3.8, 4) is 0 Å². The van der Waals surface area contributed by atoms with Gasteiger partial charge in [-0.25, -0.2) is 4.79 Å². The molecule has 0 aromatic heterocycles. The molecule has 1 fully saturated rings. The SMILES string of the molecule is CC(C)(C)OC(=O)NCCC(=O)NCCCNC(=O)CCC1CCCCC1. The zero-order valence-electron chi connectivity index (χ0n) is 17.2. The van der Waals surface area contributed by atoms with Gasteiger partial charge in [0.1, 0.15) is 5.60 Å². The quantitative estimate of drug-likeness (QED) is 0.505. The molecule has 3 amide bonds. The van der Waals surface area contributed by atoms with Crippen molar-refractivity contribution in [2.75, 3.05) is 19.6 Å². The fourth-order valence-electron chi connectivity index (χ4n) is 3.12. The molecule has 0 atom stereocenters. The number of alkyl carbamates (subject to hydrolysis) is 1. The van der Waals surface area contributed by atoms with Crippen LogP contribution in [0.4, 0.5) is 4.79 Å². The van der Waals surface area contributed by atoms with Crippen LogP contribution in [0.3, 0.4) is 0 Å². The summed E-state index contributed by atoms with van der Waals surface area (Å²) in [4.78, 5) is 35.0. The van der Waals surface area contributed by atoms with Crippen molar-refractivity contribution >= 4 is 17.9 Å². The van der Waals surface area contributed by atoms with E-state index in [0.717, 1.165) is 12.3 Å². The van der Waals surface area contributed by atoms with Crippen molar-refractivity contribution in [2.24, 2.45) is 5.92 Å². The van der Waals surface area contributed by atoms with E-state index in [4.69, 9.17) is 4.74 Å². The minimum atomic E-state index is -0.548. The fraction of sp³-hybridized carbons (Fsp3) is 0.850. The highest BCUT2D eigenvalue weighted by molar-refractivity contribution is 5.77. The number of rotatable bonds is 10. The Morgan fingerprint density at radius 1 is 0.852 bits per heavy atom. The topological polar surface area (TPSA) is 96.5 Å². The van der Waals surface area contributed by atoms with Crippen LogP contribution >= 0.6 is 0 Å². The monoisotopic (exact) mass is 383 g/mol. The Balaban J connectivity index is 1.95. The Morgan fingerprint density at radius 3 is 2.04 bits per heavy atom. The van der Waals surface area contributed by atoms with Crippen LogP contribution in [0.2, 0.25) is 0 Å². The van der Waals surface area contributed by atoms with E-state index in [0.29, 0.717) is 25.9 Å². The third-order valence-electron chi connectivity index (χ3n) is 4.52. The zero-order valence-corrected chi connectivity index (χ0v) is 17.2. The van der Waals surface area contributed by atoms with Gasteiger partial charge in [0.15, 0.2) is 0 Å². The first-order valence-electron chi connectivity index (χ1n) is 10.3. The molecular formula is C20H37N3O4. The third kappa shape index (κ3) is 13.1. The van der Waals surface area contributed by atoms with Crippen molar-refractivity contribution in [3.63, 3.8) is 0 Å². The van der Waals surface area contributed by atoms with E-state index >= 15 is 0 Å². The first-order valence-corrected chi connectivity index (χ1v) is 10.3. The normalized spacial score (nSPS) is 15.1. The largest absolute Gasteiger partial charge is 0.444 e. The molecule has 1 saturated carbocycles. The Kier molecular flexibility index (Phi) is 10.8. The average molecular weight is 384 g/mol. The molecule has 156 valence electrons. The number of nitrogens with one attached hydrogen (secondary N) is 3. The molecule has 0 aliphatic heterocycles. The molecule has 1 rings (SSSR count). The van der Waals surface area contributed by atoms with Gasteiger partial charge in [0.25, 0.3) is 0 Å². The molecule has 0 aromatic rings. The Labute approximate surface area is 163 Å². The van der Waals surface area contributed by atoms with E-state index in [2.05, 4.69) is 16.0 Å². The molecular weight excluding hydrogens is 346 g/mol. The maximum atomic E-state index is 11.8. The Hall–Kier alpha value is -1.79. The lowest BCUT2D eigenvalue weighted by molar-refractivity contribution is -0.121. The van der Waals surface area contributed by atoms with Gasteiger partial charge < -0.3 is 20.7 Å². The number of ether oxygens (including phenoxy) is 1. The molecule has 7 heteroatoms. The van der Waals surface area contributed by atoms with Gasteiger partial charge in [0, 0.05) is 32.5 Å². The molecule has 0 spiro atoms. The van der Waals surface area contributed by atoms with Gasteiger partial charge in [-0.1, -0.05) is 32.1 Å². The summed E-state index contributed by atoms with van der Waals surface area (Å²) in [5, 5.41) is 8.24. The van der Waals surface area contributed by atoms with E-state index in [9.17, 15) is 14.4 Å². The summed E-state index contributed by atoms with van der Waals surface area (Å²) >= 11 is 0. The van der Waals surface area contributed by atoms with Gasteiger partial charge in [-0.15, -0.1) is 0 Å². The van der Waals surface area contributed by atoms with E-state index in [1.807, 2.05) is 0 Å². The predicted octanol–water partition coefficient (Wildman–Crippen LogP) is 2.88.